The predicted octanol–water partition coefficient (Wildman–Crippen LogP) is 5.01. The lowest BCUT2D eigenvalue weighted by Gasteiger charge is -2.09. The number of benzene rings is 2. The summed E-state index contributed by atoms with van der Waals surface area (Å²) in [7, 11) is 0. The lowest BCUT2D eigenvalue weighted by atomic mass is 10.1. The predicted molar refractivity (Wildman–Crippen MR) is 91.1 cm³/mol. The first-order chi connectivity index (χ1) is 10.6. The third-order valence-corrected chi connectivity index (χ3v) is 3.48. The van der Waals surface area contributed by atoms with Crippen LogP contribution < -0.4 is 5.32 Å². The zero-order valence-corrected chi connectivity index (χ0v) is 13.5. The molecule has 0 amide bonds. The van der Waals surface area contributed by atoms with Crippen LogP contribution >= 0.6 is 23.2 Å². The van der Waals surface area contributed by atoms with Crippen molar-refractivity contribution in [1.29, 1.82) is 0 Å². The number of nitrogens with one attached hydrogen (secondary N) is 1. The molecule has 114 valence electrons. The van der Waals surface area contributed by atoms with Gasteiger partial charge in [0.2, 0.25) is 0 Å². The Labute approximate surface area is 139 Å². The van der Waals surface area contributed by atoms with Gasteiger partial charge in [-0.25, -0.2) is 4.79 Å². The van der Waals surface area contributed by atoms with Crippen molar-refractivity contribution in [1.82, 2.24) is 0 Å². The highest BCUT2D eigenvalue weighted by molar-refractivity contribution is 6.33. The smallest absolute Gasteiger partial charge is 0.340 e. The molecule has 0 aliphatic rings. The Bertz CT molecular complexity index is 681. The largest absolute Gasteiger partial charge is 0.462 e. The maximum atomic E-state index is 12.1. The van der Waals surface area contributed by atoms with Crippen LogP contribution in [0.25, 0.3) is 5.57 Å². The van der Waals surface area contributed by atoms with E-state index in [4.69, 9.17) is 27.9 Å². The molecule has 0 spiro atoms. The summed E-state index contributed by atoms with van der Waals surface area (Å²) in [5.74, 6) is -0.413. The van der Waals surface area contributed by atoms with Gasteiger partial charge < -0.3 is 10.1 Å². The second kappa shape index (κ2) is 7.87. The second-order valence-electron chi connectivity index (χ2n) is 4.41. The molecule has 0 fully saturated rings. The van der Waals surface area contributed by atoms with Crippen molar-refractivity contribution in [3.05, 3.63) is 70.3 Å². The number of carbonyl (C=O) groups is 1. The Morgan fingerprint density at radius 1 is 1.14 bits per heavy atom. The molecule has 0 aliphatic heterocycles. The first-order valence-electron chi connectivity index (χ1n) is 6.76. The minimum Gasteiger partial charge on any atom is -0.462 e. The number of anilines is 1. The summed E-state index contributed by atoms with van der Waals surface area (Å²) in [5.41, 5.74) is 1.82. The van der Waals surface area contributed by atoms with Gasteiger partial charge in [-0.1, -0.05) is 47.5 Å². The Kier molecular flexibility index (Phi) is 5.87. The molecular formula is C17H15Cl2NO2. The van der Waals surface area contributed by atoms with Gasteiger partial charge >= 0.3 is 5.97 Å². The molecule has 2 rings (SSSR count). The van der Waals surface area contributed by atoms with E-state index >= 15 is 0 Å². The number of halogens is 2. The molecule has 2 aromatic rings. The van der Waals surface area contributed by atoms with E-state index in [0.717, 1.165) is 0 Å². The monoisotopic (exact) mass is 335 g/mol. The number of hydrogen-bond donors (Lipinski definition) is 1. The fourth-order valence-corrected chi connectivity index (χ4v) is 2.14. The van der Waals surface area contributed by atoms with E-state index in [2.05, 4.69) is 5.32 Å². The van der Waals surface area contributed by atoms with Gasteiger partial charge in [-0.05, 0) is 36.8 Å². The first-order valence-corrected chi connectivity index (χ1v) is 7.51. The standard InChI is InChI=1S/C17H15Cl2NO2/c1-2-22-17(21)14(12-7-9-13(18)10-8-12)11-20-16-6-4-3-5-15(16)19/h3-11,20H,2H2,1H3/b14-11-. The SMILES string of the molecule is CCOC(=O)/C(=C\Nc1ccccc1Cl)c1ccc(Cl)cc1. The van der Waals surface area contributed by atoms with Crippen LogP contribution in [0.1, 0.15) is 12.5 Å². The molecule has 22 heavy (non-hydrogen) atoms. The molecule has 0 saturated heterocycles. The topological polar surface area (TPSA) is 38.3 Å². The molecular weight excluding hydrogens is 321 g/mol. The normalized spacial score (nSPS) is 11.1. The van der Waals surface area contributed by atoms with Crippen LogP contribution in [-0.4, -0.2) is 12.6 Å². The minimum atomic E-state index is -0.413. The quantitative estimate of drug-likeness (QED) is 0.616. The van der Waals surface area contributed by atoms with Crippen LogP contribution in [0.4, 0.5) is 5.69 Å². The molecule has 1 N–H and O–H groups in total. The summed E-state index contributed by atoms with van der Waals surface area (Å²) >= 11 is 12.0. The van der Waals surface area contributed by atoms with Crippen LogP contribution in [0.2, 0.25) is 10.0 Å². The maximum absolute atomic E-state index is 12.1. The third kappa shape index (κ3) is 4.26. The summed E-state index contributed by atoms with van der Waals surface area (Å²) in [4.78, 5) is 12.1. The van der Waals surface area contributed by atoms with Crippen molar-refractivity contribution >= 4 is 40.4 Å². The summed E-state index contributed by atoms with van der Waals surface area (Å²) in [6.45, 7) is 2.06. The van der Waals surface area contributed by atoms with E-state index in [0.29, 0.717) is 33.5 Å². The number of hydrogen-bond acceptors (Lipinski definition) is 3. The summed E-state index contributed by atoms with van der Waals surface area (Å²) in [6, 6.07) is 14.3. The number of rotatable bonds is 5. The van der Waals surface area contributed by atoms with Gasteiger partial charge in [0.15, 0.2) is 0 Å². The van der Waals surface area contributed by atoms with E-state index in [-0.39, 0.29) is 0 Å². The van der Waals surface area contributed by atoms with E-state index in [1.54, 1.807) is 43.5 Å². The van der Waals surface area contributed by atoms with Crippen molar-refractivity contribution in [2.24, 2.45) is 0 Å². The van der Waals surface area contributed by atoms with Gasteiger partial charge in [0.25, 0.3) is 0 Å². The third-order valence-electron chi connectivity index (χ3n) is 2.90. The van der Waals surface area contributed by atoms with Gasteiger partial charge in [0, 0.05) is 11.2 Å². The molecule has 0 unspecified atom stereocenters. The van der Waals surface area contributed by atoms with Gasteiger partial charge in [-0.15, -0.1) is 0 Å². The molecule has 0 atom stereocenters. The fourth-order valence-electron chi connectivity index (χ4n) is 1.83. The maximum Gasteiger partial charge on any atom is 0.340 e. The van der Waals surface area contributed by atoms with Crippen molar-refractivity contribution < 1.29 is 9.53 Å². The average molecular weight is 336 g/mol. The van der Waals surface area contributed by atoms with Gasteiger partial charge in [0.05, 0.1) is 22.9 Å². The average Bonchev–Trinajstić information content (AvgIpc) is 2.51. The Hall–Kier alpha value is -1.97. The lowest BCUT2D eigenvalue weighted by molar-refractivity contribution is -0.136. The van der Waals surface area contributed by atoms with Crippen LogP contribution in [0, 0.1) is 0 Å². The molecule has 0 heterocycles. The van der Waals surface area contributed by atoms with Gasteiger partial charge in [-0.3, -0.25) is 0 Å². The summed E-state index contributed by atoms with van der Waals surface area (Å²) < 4.78 is 5.09. The fraction of sp³-hybridized carbons (Fsp3) is 0.118. The minimum absolute atomic E-state index is 0.301. The van der Waals surface area contributed by atoms with Crippen molar-refractivity contribution in [2.75, 3.05) is 11.9 Å². The van der Waals surface area contributed by atoms with Crippen LogP contribution in [-0.2, 0) is 9.53 Å². The van der Waals surface area contributed by atoms with Gasteiger partial charge in [0.1, 0.15) is 0 Å². The molecule has 2 aromatic carbocycles. The molecule has 5 heteroatoms. The lowest BCUT2D eigenvalue weighted by Crippen LogP contribution is -2.08. The molecule has 0 bridgehead atoms. The number of para-hydroxylation sites is 1. The highest BCUT2D eigenvalue weighted by Crippen LogP contribution is 2.23. The molecule has 3 nitrogen and oxygen atoms in total. The zero-order chi connectivity index (χ0) is 15.9. The Morgan fingerprint density at radius 2 is 1.82 bits per heavy atom. The Balaban J connectivity index is 2.31. The van der Waals surface area contributed by atoms with Crippen LogP contribution in [0.5, 0.6) is 0 Å². The first kappa shape index (κ1) is 16.4. The molecule has 0 aliphatic carbocycles. The number of esters is 1. The van der Waals surface area contributed by atoms with Gasteiger partial charge in [-0.2, -0.15) is 0 Å². The highest BCUT2D eigenvalue weighted by Gasteiger charge is 2.13. The summed E-state index contributed by atoms with van der Waals surface area (Å²) in [6.07, 6.45) is 1.59. The Morgan fingerprint density at radius 3 is 2.45 bits per heavy atom. The molecule has 0 saturated carbocycles. The molecule has 0 aromatic heterocycles. The van der Waals surface area contributed by atoms with Crippen molar-refractivity contribution in [2.45, 2.75) is 6.92 Å². The molecule has 0 radical (unpaired) electrons. The van der Waals surface area contributed by atoms with Crippen molar-refractivity contribution in [3.63, 3.8) is 0 Å². The zero-order valence-electron chi connectivity index (χ0n) is 12.0. The number of ether oxygens (including phenoxy) is 1. The van der Waals surface area contributed by atoms with E-state index in [1.165, 1.54) is 0 Å². The van der Waals surface area contributed by atoms with E-state index < -0.39 is 5.97 Å². The second-order valence-corrected chi connectivity index (χ2v) is 5.25. The number of carbonyl (C=O) groups excluding carboxylic acids is 1. The summed E-state index contributed by atoms with van der Waals surface area (Å²) in [5, 5.41) is 4.21. The van der Waals surface area contributed by atoms with E-state index in [9.17, 15) is 4.79 Å². The van der Waals surface area contributed by atoms with Crippen LogP contribution in [0.3, 0.4) is 0 Å². The van der Waals surface area contributed by atoms with Crippen LogP contribution in [0.15, 0.2) is 54.7 Å². The van der Waals surface area contributed by atoms with E-state index in [1.807, 2.05) is 18.2 Å². The highest BCUT2D eigenvalue weighted by atomic mass is 35.5. The van der Waals surface area contributed by atoms with Crippen molar-refractivity contribution in [3.8, 4) is 0 Å².